The summed E-state index contributed by atoms with van der Waals surface area (Å²) in [4.78, 5) is 24.5. The summed E-state index contributed by atoms with van der Waals surface area (Å²) in [6, 6.07) is 5.08. The van der Waals surface area contributed by atoms with Crippen LogP contribution in [0.4, 0.5) is 20.4 Å². The summed E-state index contributed by atoms with van der Waals surface area (Å²) in [5.74, 6) is -0.616. The fraction of sp³-hybridized carbons (Fsp3) is 0.353. The van der Waals surface area contributed by atoms with Crippen LogP contribution in [-0.2, 0) is 4.79 Å². The van der Waals surface area contributed by atoms with Gasteiger partial charge in [0.15, 0.2) is 0 Å². The summed E-state index contributed by atoms with van der Waals surface area (Å²) < 4.78 is 26.4. The van der Waals surface area contributed by atoms with Crippen LogP contribution < -0.4 is 10.2 Å². The molecule has 0 spiro atoms. The third-order valence-corrected chi connectivity index (χ3v) is 4.05. The smallest absolute Gasteiger partial charge is 0.225 e. The van der Waals surface area contributed by atoms with Gasteiger partial charge >= 0.3 is 0 Å². The fourth-order valence-electron chi connectivity index (χ4n) is 2.71. The van der Waals surface area contributed by atoms with Crippen molar-refractivity contribution in [2.75, 3.05) is 42.9 Å². The molecule has 0 atom stereocenters. The van der Waals surface area contributed by atoms with E-state index in [2.05, 4.69) is 15.3 Å². The highest BCUT2D eigenvalue weighted by Gasteiger charge is 2.22. The lowest BCUT2D eigenvalue weighted by molar-refractivity contribution is -0.131. The Balaban J connectivity index is 1.43. The van der Waals surface area contributed by atoms with E-state index in [-0.39, 0.29) is 18.0 Å². The standard InChI is InChI=1S/C17H19F2N5O/c18-13-2-3-15(14(19)12-13)20-7-4-16(25)23-8-10-24(11-9-23)17-21-5-1-6-22-17/h1-3,5-6,12,20H,4,7-11H2. The molecule has 8 heteroatoms. The van der Waals surface area contributed by atoms with Gasteiger partial charge in [-0.05, 0) is 18.2 Å². The number of benzene rings is 1. The van der Waals surface area contributed by atoms with Crippen molar-refractivity contribution in [1.82, 2.24) is 14.9 Å². The maximum atomic E-state index is 13.5. The van der Waals surface area contributed by atoms with Crippen LogP contribution in [0.2, 0.25) is 0 Å². The van der Waals surface area contributed by atoms with Gasteiger partial charge in [-0.3, -0.25) is 4.79 Å². The molecule has 1 aliphatic heterocycles. The van der Waals surface area contributed by atoms with E-state index in [1.807, 2.05) is 4.90 Å². The van der Waals surface area contributed by atoms with E-state index < -0.39 is 11.6 Å². The molecule has 2 heterocycles. The van der Waals surface area contributed by atoms with Crippen molar-refractivity contribution in [2.45, 2.75) is 6.42 Å². The third-order valence-electron chi connectivity index (χ3n) is 4.05. The average molecular weight is 347 g/mol. The molecular formula is C17H19F2N5O. The van der Waals surface area contributed by atoms with Gasteiger partial charge in [0.25, 0.3) is 0 Å². The molecule has 132 valence electrons. The van der Waals surface area contributed by atoms with E-state index in [0.29, 0.717) is 38.7 Å². The van der Waals surface area contributed by atoms with E-state index in [1.54, 1.807) is 23.4 Å². The van der Waals surface area contributed by atoms with Gasteiger partial charge in [0.2, 0.25) is 11.9 Å². The van der Waals surface area contributed by atoms with E-state index >= 15 is 0 Å². The van der Waals surface area contributed by atoms with E-state index in [9.17, 15) is 13.6 Å². The van der Waals surface area contributed by atoms with Gasteiger partial charge < -0.3 is 15.1 Å². The summed E-state index contributed by atoms with van der Waals surface area (Å²) in [7, 11) is 0. The number of carbonyl (C=O) groups is 1. The number of hydrogen-bond acceptors (Lipinski definition) is 5. The van der Waals surface area contributed by atoms with E-state index in [0.717, 1.165) is 6.07 Å². The van der Waals surface area contributed by atoms with Gasteiger partial charge in [-0.25, -0.2) is 18.7 Å². The number of carbonyl (C=O) groups excluding carboxylic acids is 1. The van der Waals surface area contributed by atoms with Gasteiger partial charge in [-0.15, -0.1) is 0 Å². The van der Waals surface area contributed by atoms with Crippen LogP contribution in [0.1, 0.15) is 6.42 Å². The maximum Gasteiger partial charge on any atom is 0.225 e. The second kappa shape index (κ2) is 7.87. The van der Waals surface area contributed by atoms with Crippen molar-refractivity contribution in [1.29, 1.82) is 0 Å². The van der Waals surface area contributed by atoms with Gasteiger partial charge in [0, 0.05) is 57.6 Å². The van der Waals surface area contributed by atoms with Crippen LogP contribution in [0.3, 0.4) is 0 Å². The molecule has 25 heavy (non-hydrogen) atoms. The van der Waals surface area contributed by atoms with Crippen LogP contribution in [0.5, 0.6) is 0 Å². The zero-order valence-electron chi connectivity index (χ0n) is 13.7. The van der Waals surface area contributed by atoms with Gasteiger partial charge in [-0.2, -0.15) is 0 Å². The number of nitrogens with one attached hydrogen (secondary N) is 1. The zero-order chi connectivity index (χ0) is 17.6. The minimum absolute atomic E-state index is 0.00338. The monoisotopic (exact) mass is 347 g/mol. The molecule has 1 saturated heterocycles. The largest absolute Gasteiger partial charge is 0.382 e. The molecule has 0 saturated carbocycles. The Kier molecular flexibility index (Phi) is 5.37. The first kappa shape index (κ1) is 17.1. The first-order chi connectivity index (χ1) is 12.1. The Morgan fingerprint density at radius 3 is 2.52 bits per heavy atom. The number of aromatic nitrogens is 2. The topological polar surface area (TPSA) is 61.4 Å². The Morgan fingerprint density at radius 2 is 1.84 bits per heavy atom. The van der Waals surface area contributed by atoms with Gasteiger partial charge in [0.1, 0.15) is 11.6 Å². The Hall–Kier alpha value is -2.77. The second-order valence-corrected chi connectivity index (χ2v) is 5.72. The highest BCUT2D eigenvalue weighted by Crippen LogP contribution is 2.15. The average Bonchev–Trinajstić information content (AvgIpc) is 2.64. The van der Waals surface area contributed by atoms with Gasteiger partial charge in [0.05, 0.1) is 5.69 Å². The summed E-state index contributed by atoms with van der Waals surface area (Å²) in [5.41, 5.74) is 0.195. The SMILES string of the molecule is O=C(CCNc1ccc(F)cc1F)N1CCN(c2ncccn2)CC1. The molecule has 2 aromatic rings. The quantitative estimate of drug-likeness (QED) is 0.895. The van der Waals surface area contributed by atoms with E-state index in [1.165, 1.54) is 12.1 Å². The third kappa shape index (κ3) is 4.40. The number of anilines is 2. The molecule has 1 amide bonds. The zero-order valence-corrected chi connectivity index (χ0v) is 13.7. The van der Waals surface area contributed by atoms with Crippen molar-refractivity contribution in [3.8, 4) is 0 Å². The first-order valence-corrected chi connectivity index (χ1v) is 8.12. The van der Waals surface area contributed by atoms with Crippen molar-refractivity contribution in [3.63, 3.8) is 0 Å². The van der Waals surface area contributed by atoms with Crippen LogP contribution in [0.15, 0.2) is 36.7 Å². The molecular weight excluding hydrogens is 328 g/mol. The fourth-order valence-corrected chi connectivity index (χ4v) is 2.71. The van der Waals surface area contributed by atoms with Gasteiger partial charge in [-0.1, -0.05) is 0 Å². The molecule has 1 aromatic heterocycles. The molecule has 3 rings (SSSR count). The molecule has 1 aromatic carbocycles. The van der Waals surface area contributed by atoms with Crippen LogP contribution in [0, 0.1) is 11.6 Å². The summed E-state index contributed by atoms with van der Waals surface area (Å²) in [6.45, 7) is 2.85. The lowest BCUT2D eigenvalue weighted by Gasteiger charge is -2.34. The van der Waals surface area contributed by atoms with Crippen molar-refractivity contribution in [3.05, 3.63) is 48.3 Å². The summed E-state index contributed by atoms with van der Waals surface area (Å²) in [5, 5.41) is 2.83. The molecule has 0 bridgehead atoms. The van der Waals surface area contributed by atoms with Crippen LogP contribution in [0.25, 0.3) is 0 Å². The molecule has 0 aliphatic carbocycles. The normalized spacial score (nSPS) is 14.5. The van der Waals surface area contributed by atoms with Crippen LogP contribution in [-0.4, -0.2) is 53.5 Å². The number of halogens is 2. The Bertz CT molecular complexity index is 720. The summed E-state index contributed by atoms with van der Waals surface area (Å²) in [6.07, 6.45) is 3.64. The predicted octanol–water partition coefficient (Wildman–Crippen LogP) is 1.91. The predicted molar refractivity (Wildman–Crippen MR) is 90.3 cm³/mol. The number of hydrogen-bond donors (Lipinski definition) is 1. The Labute approximate surface area is 144 Å². The highest BCUT2D eigenvalue weighted by atomic mass is 19.1. The molecule has 0 radical (unpaired) electrons. The number of rotatable bonds is 5. The van der Waals surface area contributed by atoms with Crippen molar-refractivity contribution in [2.24, 2.45) is 0 Å². The highest BCUT2D eigenvalue weighted by molar-refractivity contribution is 5.77. The minimum Gasteiger partial charge on any atom is -0.382 e. The maximum absolute atomic E-state index is 13.5. The summed E-state index contributed by atoms with van der Waals surface area (Å²) >= 11 is 0. The molecule has 0 unspecified atom stereocenters. The lowest BCUT2D eigenvalue weighted by Crippen LogP contribution is -2.49. The number of amides is 1. The molecule has 1 fully saturated rings. The molecule has 1 aliphatic rings. The Morgan fingerprint density at radius 1 is 1.12 bits per heavy atom. The van der Waals surface area contributed by atoms with Crippen molar-refractivity contribution >= 4 is 17.5 Å². The minimum atomic E-state index is -0.663. The molecule has 6 nitrogen and oxygen atoms in total. The molecule has 1 N–H and O–H groups in total. The van der Waals surface area contributed by atoms with Crippen molar-refractivity contribution < 1.29 is 13.6 Å². The van der Waals surface area contributed by atoms with Crippen LogP contribution >= 0.6 is 0 Å². The van der Waals surface area contributed by atoms with E-state index in [4.69, 9.17) is 0 Å². The number of nitrogens with zero attached hydrogens (tertiary/aromatic N) is 4. The lowest BCUT2D eigenvalue weighted by atomic mass is 10.2. The first-order valence-electron chi connectivity index (χ1n) is 8.12. The number of piperazine rings is 1. The second-order valence-electron chi connectivity index (χ2n) is 5.72.